The Morgan fingerprint density at radius 1 is 1.21 bits per heavy atom. The summed E-state index contributed by atoms with van der Waals surface area (Å²) in [5.41, 5.74) is 9.60. The Balaban J connectivity index is 1.58. The van der Waals surface area contributed by atoms with E-state index in [-0.39, 0.29) is 37.1 Å². The summed E-state index contributed by atoms with van der Waals surface area (Å²) in [5.74, 6) is -0.962. The van der Waals surface area contributed by atoms with Crippen molar-refractivity contribution in [2.24, 2.45) is 11.1 Å². The fourth-order valence-electron chi connectivity index (χ4n) is 4.82. The number of thiazole rings is 1. The number of nitrogens with two attached hydrogens (primary N) is 1. The van der Waals surface area contributed by atoms with E-state index < -0.39 is 23.6 Å². The maximum Gasteiger partial charge on any atom is 0.246 e. The van der Waals surface area contributed by atoms with Gasteiger partial charge in [-0.25, -0.2) is 4.98 Å². The molecule has 1 aliphatic heterocycles. The lowest BCUT2D eigenvalue weighted by Gasteiger charge is -2.35. The molecule has 3 unspecified atom stereocenters. The number of β-amino-alcohol motifs (C(OH)–C–C–N with tert-alkyl or cyclic N) is 1. The van der Waals surface area contributed by atoms with Crippen molar-refractivity contribution in [1.29, 1.82) is 0 Å². The molecule has 3 rings (SSSR count). The van der Waals surface area contributed by atoms with Crippen LogP contribution in [0.3, 0.4) is 0 Å². The van der Waals surface area contributed by atoms with E-state index in [0.717, 1.165) is 21.7 Å². The number of likely N-dealkylation sites (tertiary alicyclic amines) is 1. The number of amides is 3. The largest absolute Gasteiger partial charge is 0.391 e. The summed E-state index contributed by atoms with van der Waals surface area (Å²) in [6.45, 7) is 10.6. The molecule has 0 saturated carbocycles. The zero-order valence-electron chi connectivity index (χ0n) is 25.4. The van der Waals surface area contributed by atoms with Gasteiger partial charge in [-0.2, -0.15) is 0 Å². The number of aliphatic hydroxyl groups is 1. The monoisotopic (exact) mass is 602 g/mol. The molecule has 42 heavy (non-hydrogen) atoms. The maximum atomic E-state index is 13.8. The number of nitrogens with one attached hydrogen (secondary N) is 2. The van der Waals surface area contributed by atoms with Crippen LogP contribution in [0.2, 0.25) is 0 Å². The molecular formula is C30H46N6O5S. The maximum absolute atomic E-state index is 13.8. The fourth-order valence-corrected chi connectivity index (χ4v) is 5.64. The lowest BCUT2D eigenvalue weighted by molar-refractivity contribution is -0.144. The van der Waals surface area contributed by atoms with E-state index in [4.69, 9.17) is 10.5 Å². The number of aliphatic hydroxyl groups excluding tert-OH is 1. The van der Waals surface area contributed by atoms with Crippen molar-refractivity contribution in [3.63, 3.8) is 0 Å². The first-order valence-corrected chi connectivity index (χ1v) is 15.3. The number of ether oxygens (including phenoxy) is 1. The third-order valence-corrected chi connectivity index (χ3v) is 8.29. The van der Waals surface area contributed by atoms with Crippen LogP contribution in [-0.4, -0.2) is 102 Å². The molecule has 0 spiro atoms. The molecule has 3 amide bonds. The Hall–Kier alpha value is -2.90. The molecule has 0 radical (unpaired) electrons. The molecule has 2 heterocycles. The van der Waals surface area contributed by atoms with Crippen LogP contribution in [0, 0.1) is 12.3 Å². The molecule has 1 aromatic carbocycles. The minimum absolute atomic E-state index is 0.0355. The average molecular weight is 603 g/mol. The second-order valence-electron chi connectivity index (χ2n) is 11.9. The number of rotatable bonds is 14. The van der Waals surface area contributed by atoms with Gasteiger partial charge in [-0.05, 0) is 30.5 Å². The number of hydrogen-bond acceptors (Lipinski definition) is 9. The van der Waals surface area contributed by atoms with Gasteiger partial charge in [0, 0.05) is 45.6 Å². The number of nitrogens with zero attached hydrogens (tertiary/aromatic N) is 3. The van der Waals surface area contributed by atoms with Gasteiger partial charge in [0.15, 0.2) is 0 Å². The van der Waals surface area contributed by atoms with Crippen molar-refractivity contribution < 1.29 is 24.2 Å². The lowest BCUT2D eigenvalue weighted by atomic mass is 9.85. The summed E-state index contributed by atoms with van der Waals surface area (Å²) in [7, 11) is 1.90. The molecule has 2 aromatic rings. The van der Waals surface area contributed by atoms with Crippen LogP contribution in [0.4, 0.5) is 0 Å². The SMILES string of the molecule is Cc1ncsc1-c1ccc(CNC(=O)C2CC(O)CN2C(=O)C(NC(=O)CCN(C)CCOCCN)C(C)(C)C)cc1. The highest BCUT2D eigenvalue weighted by atomic mass is 32.1. The van der Waals surface area contributed by atoms with Crippen molar-refractivity contribution in [2.75, 3.05) is 46.4 Å². The molecule has 0 aliphatic carbocycles. The average Bonchev–Trinajstić information content (AvgIpc) is 3.56. The van der Waals surface area contributed by atoms with E-state index in [1.807, 2.05) is 69.4 Å². The molecule has 1 aromatic heterocycles. The fraction of sp³-hybridized carbons (Fsp3) is 0.600. The first-order valence-electron chi connectivity index (χ1n) is 14.4. The van der Waals surface area contributed by atoms with Crippen LogP contribution in [-0.2, 0) is 25.7 Å². The van der Waals surface area contributed by atoms with Gasteiger partial charge in [0.25, 0.3) is 0 Å². The van der Waals surface area contributed by atoms with E-state index in [9.17, 15) is 19.5 Å². The topological polar surface area (TPSA) is 150 Å². The molecule has 1 aliphatic rings. The number of aryl methyl sites for hydroxylation is 1. The summed E-state index contributed by atoms with van der Waals surface area (Å²) < 4.78 is 5.39. The number of aromatic nitrogens is 1. The second-order valence-corrected chi connectivity index (χ2v) is 12.8. The first-order chi connectivity index (χ1) is 19.9. The van der Waals surface area contributed by atoms with Crippen LogP contribution in [0.25, 0.3) is 10.4 Å². The highest BCUT2D eigenvalue weighted by Gasteiger charge is 2.44. The minimum Gasteiger partial charge on any atom is -0.391 e. The van der Waals surface area contributed by atoms with Gasteiger partial charge < -0.3 is 36.0 Å². The molecular weight excluding hydrogens is 556 g/mol. The predicted octanol–water partition coefficient (Wildman–Crippen LogP) is 1.52. The zero-order valence-corrected chi connectivity index (χ0v) is 26.2. The van der Waals surface area contributed by atoms with Crippen molar-refractivity contribution in [1.82, 2.24) is 25.4 Å². The van der Waals surface area contributed by atoms with E-state index in [0.29, 0.717) is 39.4 Å². The molecule has 5 N–H and O–H groups in total. The number of likely N-dealkylation sites (N-methyl/N-ethyl adjacent to an activating group) is 1. The summed E-state index contributed by atoms with van der Waals surface area (Å²) in [4.78, 5) is 48.7. The third kappa shape index (κ3) is 9.56. The van der Waals surface area contributed by atoms with Gasteiger partial charge >= 0.3 is 0 Å². The van der Waals surface area contributed by atoms with E-state index in [2.05, 4.69) is 15.6 Å². The van der Waals surface area contributed by atoms with E-state index in [1.165, 1.54) is 4.90 Å². The Bertz CT molecular complexity index is 1180. The second kappa shape index (κ2) is 15.5. The van der Waals surface area contributed by atoms with Crippen LogP contribution < -0.4 is 16.4 Å². The Kier molecular flexibility index (Phi) is 12.4. The molecule has 11 nitrogen and oxygen atoms in total. The van der Waals surface area contributed by atoms with Gasteiger partial charge in [-0.3, -0.25) is 14.4 Å². The third-order valence-electron chi connectivity index (χ3n) is 7.31. The van der Waals surface area contributed by atoms with Crippen LogP contribution in [0.1, 0.15) is 44.9 Å². The molecule has 232 valence electrons. The predicted molar refractivity (Wildman–Crippen MR) is 164 cm³/mol. The first kappa shape index (κ1) is 33.6. The molecule has 1 fully saturated rings. The van der Waals surface area contributed by atoms with Crippen molar-refractivity contribution in [3.8, 4) is 10.4 Å². The molecule has 0 bridgehead atoms. The number of hydrogen-bond donors (Lipinski definition) is 4. The normalized spacial score (nSPS) is 17.9. The number of benzene rings is 1. The lowest BCUT2D eigenvalue weighted by Crippen LogP contribution is -2.57. The highest BCUT2D eigenvalue weighted by molar-refractivity contribution is 7.13. The van der Waals surface area contributed by atoms with E-state index in [1.54, 1.807) is 11.3 Å². The smallest absolute Gasteiger partial charge is 0.246 e. The van der Waals surface area contributed by atoms with E-state index >= 15 is 0 Å². The highest BCUT2D eigenvalue weighted by Crippen LogP contribution is 2.28. The standard InChI is InChI=1S/C30H46N6O5S/c1-20-26(42-19-33-20)22-8-6-21(7-9-22)17-32-28(39)24-16-23(37)18-36(24)29(40)27(30(2,3)4)34-25(38)10-12-35(5)13-15-41-14-11-31/h6-9,19,23-24,27,37H,10-18,31H2,1-5H3,(H,32,39)(H,34,38). The van der Waals surface area contributed by atoms with Crippen molar-refractivity contribution >= 4 is 29.1 Å². The summed E-state index contributed by atoms with van der Waals surface area (Å²) >= 11 is 1.58. The zero-order chi connectivity index (χ0) is 30.9. The quantitative estimate of drug-likeness (QED) is 0.238. The minimum atomic E-state index is -0.855. The Morgan fingerprint density at radius 3 is 2.55 bits per heavy atom. The molecule has 12 heteroatoms. The van der Waals surface area contributed by atoms with Crippen LogP contribution >= 0.6 is 11.3 Å². The van der Waals surface area contributed by atoms with Gasteiger partial charge in [-0.15, -0.1) is 11.3 Å². The molecule has 3 atom stereocenters. The van der Waals surface area contributed by atoms with Crippen LogP contribution in [0.5, 0.6) is 0 Å². The summed E-state index contributed by atoms with van der Waals surface area (Å²) in [6, 6.07) is 6.23. The molecule has 1 saturated heterocycles. The van der Waals surface area contributed by atoms with Crippen molar-refractivity contribution in [2.45, 2.75) is 65.3 Å². The van der Waals surface area contributed by atoms with Gasteiger partial charge in [0.05, 0.1) is 35.4 Å². The summed E-state index contributed by atoms with van der Waals surface area (Å²) in [5, 5.41) is 16.2. The number of carbonyl (C=O) groups excluding carboxylic acids is 3. The van der Waals surface area contributed by atoms with Gasteiger partial charge in [-0.1, -0.05) is 45.0 Å². The van der Waals surface area contributed by atoms with Crippen LogP contribution in [0.15, 0.2) is 29.8 Å². The Labute approximate surface area is 252 Å². The Morgan fingerprint density at radius 2 is 1.93 bits per heavy atom. The van der Waals surface area contributed by atoms with Gasteiger partial charge in [0.1, 0.15) is 12.1 Å². The number of carbonyl (C=O) groups is 3. The van der Waals surface area contributed by atoms with Crippen molar-refractivity contribution in [3.05, 3.63) is 41.0 Å². The summed E-state index contributed by atoms with van der Waals surface area (Å²) in [6.07, 6.45) is -0.470. The van der Waals surface area contributed by atoms with Gasteiger partial charge in [0.2, 0.25) is 17.7 Å².